The monoisotopic (exact) mass is 322 g/mol. The molecule has 0 saturated heterocycles. The molecule has 0 radical (unpaired) electrons. The smallest absolute Gasteiger partial charge is 0.384 e. The molecule has 4 nitrogen and oxygen atoms in total. The van der Waals surface area contributed by atoms with Crippen molar-refractivity contribution in [1.29, 1.82) is 0 Å². The number of alkyl halides is 3. The van der Waals surface area contributed by atoms with Crippen molar-refractivity contribution in [2.24, 2.45) is 0 Å². The Morgan fingerprint density at radius 1 is 1.33 bits per heavy atom. The van der Waals surface area contributed by atoms with Crippen LogP contribution >= 0.6 is 0 Å². The van der Waals surface area contributed by atoms with Crippen molar-refractivity contribution in [2.45, 2.75) is 30.8 Å². The van der Waals surface area contributed by atoms with Gasteiger partial charge in [-0.2, -0.15) is 17.5 Å². The van der Waals surface area contributed by atoms with Gasteiger partial charge in [0.15, 0.2) is 0 Å². The Labute approximate surface area is 122 Å². The summed E-state index contributed by atoms with van der Waals surface area (Å²) in [5.41, 5.74) is 1.66. The first-order chi connectivity index (χ1) is 9.74. The fraction of sp³-hybridized carbons (Fsp3) is 0.538. The molecule has 0 fully saturated rings. The molecule has 2 rings (SSSR count). The van der Waals surface area contributed by atoms with Crippen molar-refractivity contribution in [3.63, 3.8) is 0 Å². The zero-order chi connectivity index (χ0) is 15.7. The molecular formula is C13H17F3N2O2S. The van der Waals surface area contributed by atoms with Gasteiger partial charge in [-0.3, -0.25) is 0 Å². The molecule has 1 aromatic rings. The van der Waals surface area contributed by atoms with Crippen molar-refractivity contribution in [1.82, 2.24) is 4.31 Å². The van der Waals surface area contributed by atoms with Gasteiger partial charge in [0.05, 0.1) is 4.90 Å². The van der Waals surface area contributed by atoms with E-state index in [2.05, 4.69) is 5.32 Å². The van der Waals surface area contributed by atoms with Crippen molar-refractivity contribution in [3.05, 3.63) is 23.8 Å². The molecule has 0 atom stereocenters. The quantitative estimate of drug-likeness (QED) is 0.906. The number of anilines is 1. The number of fused-ring (bicyclic) bond motifs is 1. The summed E-state index contributed by atoms with van der Waals surface area (Å²) >= 11 is 0. The van der Waals surface area contributed by atoms with E-state index in [1.165, 1.54) is 12.1 Å². The number of rotatable bonds is 5. The third kappa shape index (κ3) is 3.68. The van der Waals surface area contributed by atoms with Crippen LogP contribution in [0.1, 0.15) is 18.9 Å². The van der Waals surface area contributed by atoms with E-state index in [9.17, 15) is 21.6 Å². The van der Waals surface area contributed by atoms with Crippen LogP contribution in [0.2, 0.25) is 0 Å². The van der Waals surface area contributed by atoms with Gasteiger partial charge >= 0.3 is 6.18 Å². The maximum absolute atomic E-state index is 12.6. The molecular weight excluding hydrogens is 305 g/mol. The van der Waals surface area contributed by atoms with Crippen molar-refractivity contribution >= 4 is 15.7 Å². The van der Waals surface area contributed by atoms with Gasteiger partial charge in [-0.25, -0.2) is 8.42 Å². The lowest BCUT2D eigenvalue weighted by Gasteiger charge is -2.23. The summed E-state index contributed by atoms with van der Waals surface area (Å²) in [6.45, 7) is 0.725. The Morgan fingerprint density at radius 3 is 2.67 bits per heavy atom. The van der Waals surface area contributed by atoms with Crippen LogP contribution in [0.5, 0.6) is 0 Å². The van der Waals surface area contributed by atoms with E-state index in [0.717, 1.165) is 12.0 Å². The standard InChI is InChI=1S/C13H17F3N2O2S/c1-2-7-18(9-13(14,15)16)21(19,20)11-4-3-10-5-6-17-12(10)8-11/h3-4,8,17H,2,5-7,9H2,1H3. The van der Waals surface area contributed by atoms with Crippen LogP contribution in [-0.2, 0) is 16.4 Å². The summed E-state index contributed by atoms with van der Waals surface area (Å²) in [6, 6.07) is 4.44. The summed E-state index contributed by atoms with van der Waals surface area (Å²) in [5, 5.41) is 3.03. The van der Waals surface area contributed by atoms with Crippen LogP contribution in [0.3, 0.4) is 0 Å². The molecule has 1 aliphatic rings. The second-order valence-electron chi connectivity index (χ2n) is 4.95. The van der Waals surface area contributed by atoms with Crippen LogP contribution in [0, 0.1) is 0 Å². The van der Waals surface area contributed by atoms with E-state index in [1.807, 2.05) is 0 Å². The van der Waals surface area contributed by atoms with E-state index >= 15 is 0 Å². The number of hydrogen-bond donors (Lipinski definition) is 1. The second kappa shape index (κ2) is 5.84. The fourth-order valence-corrected chi connectivity index (χ4v) is 3.86. The van der Waals surface area contributed by atoms with E-state index in [0.29, 0.717) is 23.0 Å². The highest BCUT2D eigenvalue weighted by Crippen LogP contribution is 2.28. The molecule has 0 saturated carbocycles. The van der Waals surface area contributed by atoms with Gasteiger partial charge in [-0.15, -0.1) is 0 Å². The lowest BCUT2D eigenvalue weighted by Crippen LogP contribution is -2.39. The Hall–Kier alpha value is -1.28. The van der Waals surface area contributed by atoms with Crippen LogP contribution in [-0.4, -0.2) is 38.5 Å². The number of hydrogen-bond acceptors (Lipinski definition) is 3. The molecule has 8 heteroatoms. The maximum Gasteiger partial charge on any atom is 0.402 e. The molecule has 0 aliphatic carbocycles. The van der Waals surface area contributed by atoms with E-state index < -0.39 is 22.7 Å². The minimum Gasteiger partial charge on any atom is -0.384 e. The molecule has 0 unspecified atom stereocenters. The number of halogens is 3. The van der Waals surface area contributed by atoms with Crippen LogP contribution in [0.15, 0.2) is 23.1 Å². The highest BCUT2D eigenvalue weighted by molar-refractivity contribution is 7.89. The molecule has 1 aromatic carbocycles. The normalized spacial score (nSPS) is 15.1. The average molecular weight is 322 g/mol. The molecule has 0 bridgehead atoms. The first-order valence-electron chi connectivity index (χ1n) is 6.68. The maximum atomic E-state index is 12.6. The van der Waals surface area contributed by atoms with Gasteiger partial charge in [-0.05, 0) is 30.5 Å². The Bertz CT molecular complexity index is 614. The van der Waals surface area contributed by atoms with E-state index in [1.54, 1.807) is 13.0 Å². The minimum atomic E-state index is -4.56. The van der Waals surface area contributed by atoms with Gasteiger partial charge in [0, 0.05) is 18.8 Å². The highest BCUT2D eigenvalue weighted by atomic mass is 32.2. The Kier molecular flexibility index (Phi) is 4.48. The molecule has 21 heavy (non-hydrogen) atoms. The molecule has 0 amide bonds. The Morgan fingerprint density at radius 2 is 2.05 bits per heavy atom. The molecule has 0 aromatic heterocycles. The van der Waals surface area contributed by atoms with Crippen molar-refractivity contribution in [3.8, 4) is 0 Å². The van der Waals surface area contributed by atoms with Crippen molar-refractivity contribution in [2.75, 3.05) is 25.0 Å². The van der Waals surface area contributed by atoms with E-state index in [-0.39, 0.29) is 11.4 Å². The van der Waals surface area contributed by atoms with Gasteiger partial charge in [0.1, 0.15) is 6.54 Å². The third-order valence-electron chi connectivity index (χ3n) is 3.26. The lowest BCUT2D eigenvalue weighted by atomic mass is 10.2. The number of sulfonamides is 1. The first-order valence-corrected chi connectivity index (χ1v) is 8.12. The molecule has 118 valence electrons. The van der Waals surface area contributed by atoms with Crippen LogP contribution < -0.4 is 5.32 Å². The van der Waals surface area contributed by atoms with Crippen molar-refractivity contribution < 1.29 is 21.6 Å². The van der Waals surface area contributed by atoms with Gasteiger partial charge in [-0.1, -0.05) is 13.0 Å². The highest BCUT2D eigenvalue weighted by Gasteiger charge is 2.36. The summed E-state index contributed by atoms with van der Waals surface area (Å²) in [6.07, 6.45) is -3.45. The molecule has 1 aliphatic heterocycles. The SMILES string of the molecule is CCCN(CC(F)(F)F)S(=O)(=O)c1ccc2c(c1)NCC2. The molecule has 0 spiro atoms. The van der Waals surface area contributed by atoms with Crippen LogP contribution in [0.4, 0.5) is 18.9 Å². The third-order valence-corrected chi connectivity index (χ3v) is 5.10. The fourth-order valence-electron chi connectivity index (χ4n) is 2.31. The lowest BCUT2D eigenvalue weighted by molar-refractivity contribution is -0.136. The number of nitrogens with one attached hydrogen (secondary N) is 1. The zero-order valence-corrected chi connectivity index (χ0v) is 12.4. The van der Waals surface area contributed by atoms with Crippen LogP contribution in [0.25, 0.3) is 0 Å². The largest absolute Gasteiger partial charge is 0.402 e. The molecule has 1 N–H and O–H groups in total. The zero-order valence-electron chi connectivity index (χ0n) is 11.6. The van der Waals surface area contributed by atoms with E-state index in [4.69, 9.17) is 0 Å². The molecule has 1 heterocycles. The summed E-state index contributed by atoms with van der Waals surface area (Å²) in [4.78, 5) is -0.103. The summed E-state index contributed by atoms with van der Waals surface area (Å²) < 4.78 is 63.0. The minimum absolute atomic E-state index is 0.103. The predicted molar refractivity (Wildman–Crippen MR) is 73.7 cm³/mol. The summed E-state index contributed by atoms with van der Waals surface area (Å²) in [5.74, 6) is 0. The van der Waals surface area contributed by atoms with Gasteiger partial charge in [0.2, 0.25) is 10.0 Å². The summed E-state index contributed by atoms with van der Waals surface area (Å²) in [7, 11) is -4.14. The number of benzene rings is 1. The number of nitrogens with zero attached hydrogens (tertiary/aromatic N) is 1. The topological polar surface area (TPSA) is 49.4 Å². The van der Waals surface area contributed by atoms with Gasteiger partial charge < -0.3 is 5.32 Å². The second-order valence-corrected chi connectivity index (χ2v) is 6.89. The van der Waals surface area contributed by atoms with Gasteiger partial charge in [0.25, 0.3) is 0 Å². The Balaban J connectivity index is 2.33. The predicted octanol–water partition coefficient (Wildman–Crippen LogP) is 2.62. The average Bonchev–Trinajstić information content (AvgIpc) is 2.83. The first kappa shape index (κ1) is 16.1.